The molecule has 0 spiro atoms. The van der Waals surface area contributed by atoms with Gasteiger partial charge in [-0.25, -0.2) is 4.98 Å². The van der Waals surface area contributed by atoms with Gasteiger partial charge in [0.25, 0.3) is 11.5 Å². The number of hydrogen-bond acceptors (Lipinski definition) is 7. The van der Waals surface area contributed by atoms with E-state index in [9.17, 15) is 14.4 Å². The smallest absolute Gasteiger partial charge is 0.326 e. The van der Waals surface area contributed by atoms with E-state index in [-0.39, 0.29) is 23.3 Å². The number of esters is 1. The number of pyridine rings is 2. The Morgan fingerprint density at radius 1 is 1.05 bits per heavy atom. The molecule has 0 radical (unpaired) electrons. The molecule has 3 aromatic rings. The van der Waals surface area contributed by atoms with Crippen LogP contribution in [0, 0.1) is 0 Å². The van der Waals surface area contributed by atoms with Gasteiger partial charge in [0.15, 0.2) is 0 Å². The molecule has 10 heteroatoms. The number of carbonyl (C=O) groups is 2. The summed E-state index contributed by atoms with van der Waals surface area (Å²) in [6.07, 6.45) is 0. The van der Waals surface area contributed by atoms with Crippen LogP contribution in [0.15, 0.2) is 41.2 Å². The number of fused-ring (bicyclic) bond motifs is 1. The number of carbonyl (C=O) groups excluding carboxylic acids is 2. The lowest BCUT2D eigenvalue weighted by atomic mass is 10.1. The minimum atomic E-state index is -0.756. The Hall–Kier alpha value is -3.59. The van der Waals surface area contributed by atoms with Crippen molar-refractivity contribution in [3.63, 3.8) is 0 Å². The zero-order valence-corrected chi connectivity index (χ0v) is 22.9. The van der Waals surface area contributed by atoms with Gasteiger partial charge in [0.2, 0.25) is 0 Å². The highest BCUT2D eigenvalue weighted by atomic mass is 35.5. The number of benzene rings is 1. The van der Waals surface area contributed by atoms with Gasteiger partial charge in [0.05, 0.1) is 12.5 Å². The van der Waals surface area contributed by atoms with Gasteiger partial charge in [-0.1, -0.05) is 23.7 Å². The molecule has 2 N–H and O–H groups in total. The van der Waals surface area contributed by atoms with Gasteiger partial charge in [-0.05, 0) is 65.3 Å². The molecule has 3 rings (SSSR count). The SMILES string of the molecule is COc1cc(NC(C)(C)C)nc2c1cc(C(=O)NCc1ccc(Cl)cc1)c(=O)n2CC(=O)OC(C)(C)C. The normalized spacial score (nSPS) is 11.8. The van der Waals surface area contributed by atoms with Crippen molar-refractivity contribution in [3.05, 3.63) is 62.9 Å². The highest BCUT2D eigenvalue weighted by Gasteiger charge is 2.24. The molecule has 2 heterocycles. The average molecular weight is 529 g/mol. The maximum absolute atomic E-state index is 13.6. The van der Waals surface area contributed by atoms with E-state index in [1.807, 2.05) is 20.8 Å². The van der Waals surface area contributed by atoms with E-state index in [4.69, 9.17) is 21.1 Å². The number of aromatic nitrogens is 2. The first-order valence-corrected chi connectivity index (χ1v) is 12.2. The molecule has 0 aliphatic carbocycles. The van der Waals surface area contributed by atoms with Crippen molar-refractivity contribution < 1.29 is 19.1 Å². The van der Waals surface area contributed by atoms with E-state index >= 15 is 0 Å². The minimum absolute atomic E-state index is 0.151. The van der Waals surface area contributed by atoms with Crippen molar-refractivity contribution in [2.75, 3.05) is 12.4 Å². The Bertz CT molecular complexity index is 1370. The van der Waals surface area contributed by atoms with Crippen LogP contribution in [0.5, 0.6) is 5.75 Å². The van der Waals surface area contributed by atoms with E-state index in [0.29, 0.717) is 22.0 Å². The summed E-state index contributed by atoms with van der Waals surface area (Å²) in [6, 6.07) is 10.1. The molecule has 0 saturated heterocycles. The van der Waals surface area contributed by atoms with Crippen molar-refractivity contribution in [3.8, 4) is 5.75 Å². The van der Waals surface area contributed by atoms with Crippen molar-refractivity contribution in [2.45, 2.75) is 65.8 Å². The van der Waals surface area contributed by atoms with Crippen molar-refractivity contribution in [1.82, 2.24) is 14.9 Å². The van der Waals surface area contributed by atoms with Crippen LogP contribution in [0.4, 0.5) is 5.82 Å². The van der Waals surface area contributed by atoms with Crippen LogP contribution in [0.1, 0.15) is 57.5 Å². The van der Waals surface area contributed by atoms with E-state index in [2.05, 4.69) is 15.6 Å². The first-order valence-electron chi connectivity index (χ1n) is 11.8. The predicted octanol–water partition coefficient (Wildman–Crippen LogP) is 4.54. The largest absolute Gasteiger partial charge is 0.496 e. The fourth-order valence-corrected chi connectivity index (χ4v) is 3.74. The number of anilines is 1. The van der Waals surface area contributed by atoms with Crippen LogP contribution in [0.25, 0.3) is 11.0 Å². The number of rotatable bonds is 7. The number of ether oxygens (including phenoxy) is 2. The number of nitrogens with zero attached hydrogens (tertiary/aromatic N) is 2. The molecule has 0 aliphatic rings. The van der Waals surface area contributed by atoms with Crippen LogP contribution in [-0.2, 0) is 22.6 Å². The number of amides is 1. The molecule has 0 aliphatic heterocycles. The van der Waals surface area contributed by atoms with Crippen molar-refractivity contribution in [1.29, 1.82) is 0 Å². The Morgan fingerprint density at radius 3 is 2.27 bits per heavy atom. The number of nitrogens with one attached hydrogen (secondary N) is 2. The van der Waals surface area contributed by atoms with Gasteiger partial charge in [0, 0.05) is 23.2 Å². The fourth-order valence-electron chi connectivity index (χ4n) is 3.62. The second-order valence-electron chi connectivity index (χ2n) is 10.7. The highest BCUT2D eigenvalue weighted by molar-refractivity contribution is 6.30. The molecule has 37 heavy (non-hydrogen) atoms. The number of halogens is 1. The topological polar surface area (TPSA) is 112 Å². The van der Waals surface area contributed by atoms with E-state index < -0.39 is 29.6 Å². The molecule has 9 nitrogen and oxygen atoms in total. The quantitative estimate of drug-likeness (QED) is 0.433. The molecular formula is C27H33ClN4O5. The molecule has 1 aromatic carbocycles. The van der Waals surface area contributed by atoms with Crippen molar-refractivity contribution in [2.24, 2.45) is 0 Å². The summed E-state index contributed by atoms with van der Waals surface area (Å²) in [4.78, 5) is 44.0. The van der Waals surface area contributed by atoms with Gasteiger partial charge >= 0.3 is 5.97 Å². The molecule has 198 valence electrons. The monoisotopic (exact) mass is 528 g/mol. The van der Waals surface area contributed by atoms with E-state index in [1.165, 1.54) is 13.2 Å². The Kier molecular flexibility index (Phi) is 8.17. The van der Waals surface area contributed by atoms with Crippen LogP contribution in [-0.4, -0.2) is 39.7 Å². The molecule has 0 atom stereocenters. The maximum Gasteiger partial charge on any atom is 0.326 e. The summed E-state index contributed by atoms with van der Waals surface area (Å²) >= 11 is 5.93. The number of hydrogen-bond donors (Lipinski definition) is 2. The maximum atomic E-state index is 13.6. The summed E-state index contributed by atoms with van der Waals surface area (Å²) in [5, 5.41) is 6.99. The second kappa shape index (κ2) is 10.8. The molecule has 1 amide bonds. The fraction of sp³-hybridized carbons (Fsp3) is 0.407. The van der Waals surface area contributed by atoms with Gasteiger partial charge in [-0.15, -0.1) is 0 Å². The Morgan fingerprint density at radius 2 is 1.70 bits per heavy atom. The van der Waals surface area contributed by atoms with Gasteiger partial charge < -0.3 is 20.1 Å². The zero-order valence-electron chi connectivity index (χ0n) is 22.2. The molecule has 0 unspecified atom stereocenters. The van der Waals surface area contributed by atoms with Crippen LogP contribution in [0.2, 0.25) is 5.02 Å². The van der Waals surface area contributed by atoms with Crippen LogP contribution < -0.4 is 20.9 Å². The third kappa shape index (κ3) is 7.45. The summed E-state index contributed by atoms with van der Waals surface area (Å²) in [5.41, 5.74) is -0.908. The Labute approximate surface area is 221 Å². The molecule has 0 fully saturated rings. The Balaban J connectivity index is 2.12. The zero-order chi connectivity index (χ0) is 27.5. The lowest BCUT2D eigenvalue weighted by Gasteiger charge is -2.23. The summed E-state index contributed by atoms with van der Waals surface area (Å²) < 4.78 is 12.2. The number of methoxy groups -OCH3 is 1. The first kappa shape index (κ1) is 28.0. The lowest BCUT2D eigenvalue weighted by Crippen LogP contribution is -2.36. The summed E-state index contributed by atoms with van der Waals surface area (Å²) in [6.45, 7) is 10.9. The van der Waals surface area contributed by atoms with Gasteiger partial charge in [0.1, 0.15) is 34.9 Å². The van der Waals surface area contributed by atoms with Gasteiger partial charge in [-0.3, -0.25) is 19.0 Å². The summed E-state index contributed by atoms with van der Waals surface area (Å²) in [7, 11) is 1.49. The third-order valence-corrected chi connectivity index (χ3v) is 5.31. The highest BCUT2D eigenvalue weighted by Crippen LogP contribution is 2.29. The van der Waals surface area contributed by atoms with Gasteiger partial charge in [-0.2, -0.15) is 0 Å². The molecule has 2 aromatic heterocycles. The van der Waals surface area contributed by atoms with E-state index in [0.717, 1.165) is 10.1 Å². The second-order valence-corrected chi connectivity index (χ2v) is 11.1. The first-order chi connectivity index (χ1) is 17.2. The average Bonchev–Trinajstić information content (AvgIpc) is 2.77. The van der Waals surface area contributed by atoms with Crippen LogP contribution in [0.3, 0.4) is 0 Å². The standard InChI is InChI=1S/C27H33ClN4O5/c1-26(2,3)31-21-13-20(36-7)18-12-19(24(34)29-14-16-8-10-17(28)11-9-16)25(35)32(23(18)30-21)15-22(33)37-27(4,5)6/h8-13H,14-15H2,1-7H3,(H,29,34)(H,30,31). The molecular weight excluding hydrogens is 496 g/mol. The third-order valence-electron chi connectivity index (χ3n) is 5.06. The molecule has 0 bridgehead atoms. The summed E-state index contributed by atoms with van der Waals surface area (Å²) in [5.74, 6) is -0.390. The van der Waals surface area contributed by atoms with E-state index in [1.54, 1.807) is 51.1 Å². The minimum Gasteiger partial charge on any atom is -0.496 e. The lowest BCUT2D eigenvalue weighted by molar-refractivity contribution is -0.155. The molecule has 0 saturated carbocycles. The predicted molar refractivity (Wildman–Crippen MR) is 144 cm³/mol. The van der Waals surface area contributed by atoms with Crippen LogP contribution >= 0.6 is 11.6 Å². The van der Waals surface area contributed by atoms with Crippen molar-refractivity contribution >= 4 is 40.3 Å².